The summed E-state index contributed by atoms with van der Waals surface area (Å²) in [6, 6.07) is -0.632. The van der Waals surface area contributed by atoms with Crippen molar-refractivity contribution in [2.75, 3.05) is 0 Å². The number of hydrogen-bond donors (Lipinski definition) is 1. The molecule has 0 radical (unpaired) electrons. The zero-order chi connectivity index (χ0) is 27.2. The van der Waals surface area contributed by atoms with Crippen LogP contribution in [0.25, 0.3) is 0 Å². The van der Waals surface area contributed by atoms with Crippen molar-refractivity contribution in [3.63, 3.8) is 0 Å². The van der Waals surface area contributed by atoms with Crippen LogP contribution in [0.3, 0.4) is 0 Å². The van der Waals surface area contributed by atoms with Crippen LogP contribution in [0.15, 0.2) is 0 Å². The lowest BCUT2D eigenvalue weighted by molar-refractivity contribution is -0.116. The van der Waals surface area contributed by atoms with Gasteiger partial charge in [-0.1, -0.05) is 67.7 Å². The Labute approximate surface area is 212 Å². The molecule has 0 aromatic carbocycles. The Kier molecular flexibility index (Phi) is 12.2. The average molecular weight is 518 g/mol. The van der Waals surface area contributed by atoms with E-state index < -0.39 is 40.5 Å². The summed E-state index contributed by atoms with van der Waals surface area (Å²) >= 11 is 0. The Balaban J connectivity index is 6.36. The van der Waals surface area contributed by atoms with Gasteiger partial charge in [-0.25, -0.2) is 4.79 Å². The van der Waals surface area contributed by atoms with Crippen LogP contribution in [0.5, 0.6) is 0 Å². The van der Waals surface area contributed by atoms with Gasteiger partial charge in [0.1, 0.15) is 18.0 Å². The number of carbonyl (C=O) groups is 2. The zero-order valence-electron chi connectivity index (χ0n) is 24.7. The molecule has 34 heavy (non-hydrogen) atoms. The van der Waals surface area contributed by atoms with Gasteiger partial charge in [-0.2, -0.15) is 0 Å². The van der Waals surface area contributed by atoms with Crippen LogP contribution in [-0.2, 0) is 18.4 Å². The molecule has 202 valence electrons. The van der Waals surface area contributed by atoms with Crippen molar-refractivity contribution in [2.45, 2.75) is 155 Å². The highest BCUT2D eigenvalue weighted by molar-refractivity contribution is 6.74. The second-order valence-corrected chi connectivity index (χ2v) is 23.1. The lowest BCUT2D eigenvalue weighted by Crippen LogP contribution is -2.60. The number of amides is 1. The minimum atomic E-state index is -2.30. The summed E-state index contributed by atoms with van der Waals surface area (Å²) in [5.74, 6) is 0. The van der Waals surface area contributed by atoms with E-state index in [0.717, 1.165) is 32.0 Å². The van der Waals surface area contributed by atoms with Crippen LogP contribution < -0.4 is 5.32 Å². The Morgan fingerprint density at radius 1 is 0.853 bits per heavy atom. The van der Waals surface area contributed by atoms with E-state index >= 15 is 0 Å². The first-order chi connectivity index (χ1) is 15.1. The van der Waals surface area contributed by atoms with Gasteiger partial charge >= 0.3 is 6.09 Å². The zero-order valence-corrected chi connectivity index (χ0v) is 26.7. The minimum absolute atomic E-state index is 0.0105. The third kappa shape index (κ3) is 10.9. The number of rotatable bonds is 12. The van der Waals surface area contributed by atoms with Crippen LogP contribution in [0.1, 0.15) is 94.9 Å². The maximum absolute atomic E-state index is 12.9. The molecule has 0 aliphatic heterocycles. The molecular weight excluding hydrogens is 462 g/mol. The van der Waals surface area contributed by atoms with Crippen molar-refractivity contribution >= 4 is 29.0 Å². The van der Waals surface area contributed by atoms with Crippen LogP contribution in [-0.4, -0.2) is 52.9 Å². The number of aldehydes is 1. The van der Waals surface area contributed by atoms with E-state index in [2.05, 4.69) is 80.0 Å². The molecule has 0 spiro atoms. The van der Waals surface area contributed by atoms with Gasteiger partial charge < -0.3 is 23.7 Å². The third-order valence-electron chi connectivity index (χ3n) is 7.15. The van der Waals surface area contributed by atoms with E-state index in [1.807, 2.05) is 20.8 Å². The van der Waals surface area contributed by atoms with E-state index in [4.69, 9.17) is 13.6 Å². The number of carbonyl (C=O) groups excluding carboxylic acids is 2. The second kappa shape index (κ2) is 12.5. The van der Waals surface area contributed by atoms with Gasteiger partial charge in [0, 0.05) is 0 Å². The Hall–Kier alpha value is -0.706. The Bertz CT molecular complexity index is 645. The molecule has 6 nitrogen and oxygen atoms in total. The van der Waals surface area contributed by atoms with Gasteiger partial charge in [-0.05, 0) is 63.5 Å². The number of alkyl carbamates (subject to hydrolysis) is 1. The van der Waals surface area contributed by atoms with Crippen molar-refractivity contribution < 1.29 is 23.2 Å². The molecule has 0 fully saturated rings. The van der Waals surface area contributed by atoms with Gasteiger partial charge in [0.05, 0.1) is 12.1 Å². The van der Waals surface area contributed by atoms with Gasteiger partial charge in [-0.3, -0.25) is 0 Å². The van der Waals surface area contributed by atoms with Gasteiger partial charge in [0.2, 0.25) is 0 Å². The highest BCUT2D eigenvalue weighted by Gasteiger charge is 2.46. The van der Waals surface area contributed by atoms with E-state index in [0.29, 0.717) is 0 Å². The molecule has 0 heterocycles. The van der Waals surface area contributed by atoms with Crippen molar-refractivity contribution in [2.24, 2.45) is 0 Å². The lowest BCUT2D eigenvalue weighted by atomic mass is 10.00. The number of nitrogens with one attached hydrogen (secondary N) is 1. The summed E-state index contributed by atoms with van der Waals surface area (Å²) in [5.41, 5.74) is -0.649. The summed E-state index contributed by atoms with van der Waals surface area (Å²) in [7, 11) is -4.49. The monoisotopic (exact) mass is 517 g/mol. The average Bonchev–Trinajstić information content (AvgIpc) is 2.60. The first-order valence-corrected chi connectivity index (χ1v) is 18.7. The van der Waals surface area contributed by atoms with Gasteiger partial charge in [0.25, 0.3) is 0 Å². The van der Waals surface area contributed by atoms with Crippen LogP contribution in [0, 0.1) is 0 Å². The molecule has 1 N–H and O–H groups in total. The first-order valence-electron chi connectivity index (χ1n) is 12.9. The SMILES string of the molecule is CCCCC[C@@H](O[Si](C)(C)C(C)(C)C)[C@@H](NC(=O)OC(C)(C)C)[C@@H](C=O)O[Si](C)(C)C(C)(C)C. The van der Waals surface area contributed by atoms with Crippen LogP contribution in [0.2, 0.25) is 36.3 Å². The fourth-order valence-electron chi connectivity index (χ4n) is 3.00. The lowest BCUT2D eigenvalue weighted by Gasteiger charge is -2.45. The molecule has 3 atom stereocenters. The number of unbranched alkanes of at least 4 members (excludes halogenated alkanes) is 2. The number of hydrogen-bond acceptors (Lipinski definition) is 5. The molecular formula is C26H55NO5Si2. The van der Waals surface area contributed by atoms with Crippen molar-refractivity contribution in [3.05, 3.63) is 0 Å². The number of ether oxygens (including phenoxy) is 1. The van der Waals surface area contributed by atoms with E-state index in [1.165, 1.54) is 0 Å². The van der Waals surface area contributed by atoms with Crippen LogP contribution in [0.4, 0.5) is 4.79 Å². The van der Waals surface area contributed by atoms with Crippen molar-refractivity contribution in [1.82, 2.24) is 5.32 Å². The summed E-state index contributed by atoms with van der Waals surface area (Å²) in [5, 5.41) is 2.91. The maximum Gasteiger partial charge on any atom is 0.408 e. The molecule has 0 aromatic rings. The highest BCUT2D eigenvalue weighted by Crippen LogP contribution is 2.40. The molecule has 0 bridgehead atoms. The summed E-state index contributed by atoms with van der Waals surface area (Å²) in [6.07, 6.45) is 2.96. The molecule has 0 rings (SSSR count). The Morgan fingerprint density at radius 3 is 1.71 bits per heavy atom. The predicted octanol–water partition coefficient (Wildman–Crippen LogP) is 7.44. The highest BCUT2D eigenvalue weighted by atomic mass is 28.4. The molecule has 0 unspecified atom stereocenters. The smallest absolute Gasteiger partial charge is 0.408 e. The van der Waals surface area contributed by atoms with E-state index in [1.54, 1.807) is 0 Å². The van der Waals surface area contributed by atoms with Crippen molar-refractivity contribution in [1.29, 1.82) is 0 Å². The largest absolute Gasteiger partial charge is 0.444 e. The summed E-state index contributed by atoms with van der Waals surface area (Å²) < 4.78 is 19.0. The normalized spacial score (nSPS) is 16.5. The molecule has 0 saturated heterocycles. The first kappa shape index (κ1) is 33.3. The minimum Gasteiger partial charge on any atom is -0.444 e. The molecule has 1 amide bonds. The maximum atomic E-state index is 12.9. The third-order valence-corrected chi connectivity index (χ3v) is 16.1. The fourth-order valence-corrected chi connectivity index (χ4v) is 5.61. The van der Waals surface area contributed by atoms with Crippen molar-refractivity contribution in [3.8, 4) is 0 Å². The van der Waals surface area contributed by atoms with E-state index in [-0.39, 0.29) is 16.2 Å². The molecule has 0 aliphatic rings. The van der Waals surface area contributed by atoms with Gasteiger partial charge in [-0.15, -0.1) is 0 Å². The Morgan fingerprint density at radius 2 is 1.32 bits per heavy atom. The molecule has 8 heteroatoms. The van der Waals surface area contributed by atoms with Crippen LogP contribution >= 0.6 is 0 Å². The fraction of sp³-hybridized carbons (Fsp3) is 0.923. The molecule has 0 aliphatic carbocycles. The summed E-state index contributed by atoms with van der Waals surface area (Å²) in [6.45, 7) is 29.3. The molecule has 0 saturated carbocycles. The topological polar surface area (TPSA) is 73.9 Å². The quantitative estimate of drug-likeness (QED) is 0.165. The standard InChI is InChI=1S/C26H55NO5Si2/c1-15-16-17-18-20(31-33(11,12)25(5,6)7)22(27-23(29)30-24(2,3)4)21(19-28)32-34(13,14)26(8,9)10/h19-22H,15-18H2,1-14H3,(H,27,29)/t20-,21-,22-/m1/s1. The predicted molar refractivity (Wildman–Crippen MR) is 148 cm³/mol. The summed E-state index contributed by atoms with van der Waals surface area (Å²) in [4.78, 5) is 25.4. The molecule has 0 aromatic heterocycles. The van der Waals surface area contributed by atoms with E-state index in [9.17, 15) is 9.59 Å². The second-order valence-electron chi connectivity index (χ2n) is 13.6. The van der Waals surface area contributed by atoms with Gasteiger partial charge in [0.15, 0.2) is 16.6 Å².